The van der Waals surface area contributed by atoms with Crippen molar-refractivity contribution in [2.45, 2.75) is 26.8 Å². The first-order valence-corrected chi connectivity index (χ1v) is 6.97. The first-order valence-electron chi connectivity index (χ1n) is 5.36. The average molecular weight is 275 g/mol. The average Bonchev–Trinajstić information content (AvgIpc) is 2.24. The molecule has 0 fully saturated rings. The summed E-state index contributed by atoms with van der Waals surface area (Å²) in [6.07, 6.45) is 0.362. The van der Waals surface area contributed by atoms with Crippen LogP contribution in [0.25, 0.3) is 0 Å². The van der Waals surface area contributed by atoms with Crippen molar-refractivity contribution in [2.24, 2.45) is 0 Å². The predicted molar refractivity (Wildman–Crippen MR) is 72.3 cm³/mol. The highest BCUT2D eigenvalue weighted by Gasteiger charge is 2.06. The fraction of sp³-hybridized carbons (Fsp3) is 0.500. The van der Waals surface area contributed by atoms with E-state index in [1.54, 1.807) is 24.3 Å². The van der Waals surface area contributed by atoms with Crippen molar-refractivity contribution in [1.29, 1.82) is 0 Å². The van der Waals surface area contributed by atoms with E-state index in [0.29, 0.717) is 13.0 Å². The number of aromatic hydroxyl groups is 1. The molecule has 104 valence electrons. The van der Waals surface area contributed by atoms with Crippen molar-refractivity contribution in [3.63, 3.8) is 0 Å². The van der Waals surface area contributed by atoms with Crippen LogP contribution in [0, 0.1) is 0 Å². The highest BCUT2D eigenvalue weighted by atomic mass is 32.2. The minimum absolute atomic E-state index is 0. The van der Waals surface area contributed by atoms with Gasteiger partial charge in [0.25, 0.3) is 10.1 Å². The number of phenols is 1. The van der Waals surface area contributed by atoms with Gasteiger partial charge in [-0.05, 0) is 37.6 Å². The van der Waals surface area contributed by atoms with Crippen LogP contribution in [0.3, 0.4) is 0 Å². The van der Waals surface area contributed by atoms with Gasteiger partial charge in [-0.2, -0.15) is 8.42 Å². The molecule has 6 heteroatoms. The van der Waals surface area contributed by atoms with Gasteiger partial charge >= 0.3 is 0 Å². The summed E-state index contributed by atoms with van der Waals surface area (Å²) < 4.78 is 29.5. The highest BCUT2D eigenvalue weighted by Crippen LogP contribution is 2.16. The Morgan fingerprint density at radius 1 is 1.28 bits per heavy atom. The van der Waals surface area contributed by atoms with Crippen LogP contribution in [0.1, 0.15) is 32.4 Å². The van der Waals surface area contributed by atoms with Crippen LogP contribution in [0.5, 0.6) is 5.75 Å². The Labute approximate surface area is 109 Å². The zero-order valence-electron chi connectivity index (χ0n) is 9.63. The monoisotopic (exact) mass is 275 g/mol. The molecule has 5 nitrogen and oxygen atoms in total. The topological polar surface area (TPSA) is 86.6 Å². The third kappa shape index (κ3) is 6.58. The first-order chi connectivity index (χ1) is 7.88. The molecule has 0 bridgehead atoms. The molecule has 1 aromatic carbocycles. The van der Waals surface area contributed by atoms with E-state index in [1.807, 2.05) is 6.92 Å². The van der Waals surface area contributed by atoms with Gasteiger partial charge < -0.3 is 10.4 Å². The van der Waals surface area contributed by atoms with Crippen molar-refractivity contribution in [2.75, 3.05) is 12.3 Å². The van der Waals surface area contributed by atoms with E-state index in [2.05, 4.69) is 5.32 Å². The third-order valence-corrected chi connectivity index (χ3v) is 3.23. The van der Waals surface area contributed by atoms with E-state index >= 15 is 0 Å². The molecule has 0 aliphatic heterocycles. The molecule has 0 aliphatic rings. The van der Waals surface area contributed by atoms with Crippen molar-refractivity contribution in [1.82, 2.24) is 5.32 Å². The maximum absolute atomic E-state index is 10.5. The highest BCUT2D eigenvalue weighted by molar-refractivity contribution is 7.85. The molecule has 0 spiro atoms. The zero-order valence-corrected chi connectivity index (χ0v) is 10.4. The van der Waals surface area contributed by atoms with E-state index in [1.165, 1.54) is 0 Å². The Bertz CT molecular complexity index is 442. The summed E-state index contributed by atoms with van der Waals surface area (Å²) in [6.45, 7) is 2.45. The Morgan fingerprint density at radius 2 is 1.83 bits per heavy atom. The molecule has 0 amide bonds. The number of hydrogen-bond donors (Lipinski definition) is 3. The third-order valence-electron chi connectivity index (χ3n) is 2.42. The molecule has 0 saturated carbocycles. The molecule has 0 saturated heterocycles. The fourth-order valence-corrected chi connectivity index (χ4v) is 1.96. The molecule has 0 radical (unpaired) electrons. The van der Waals surface area contributed by atoms with Gasteiger partial charge in [-0.3, -0.25) is 4.55 Å². The largest absolute Gasteiger partial charge is 0.508 e. The minimum Gasteiger partial charge on any atom is -0.508 e. The quantitative estimate of drug-likeness (QED) is 0.545. The Balaban J connectivity index is 0.00000289. The van der Waals surface area contributed by atoms with E-state index in [9.17, 15) is 8.42 Å². The second-order valence-electron chi connectivity index (χ2n) is 3.91. The smallest absolute Gasteiger partial charge is 0.264 e. The fourth-order valence-electron chi connectivity index (χ4n) is 1.45. The van der Waals surface area contributed by atoms with Crippen LogP contribution >= 0.6 is 0 Å². The van der Waals surface area contributed by atoms with Gasteiger partial charge in [0.05, 0.1) is 5.75 Å². The maximum Gasteiger partial charge on any atom is 0.264 e. The molecule has 1 aromatic rings. The van der Waals surface area contributed by atoms with Crippen molar-refractivity contribution in [3.8, 4) is 5.75 Å². The summed E-state index contributed by atoms with van der Waals surface area (Å²) in [4.78, 5) is 0. The number of hydrogen-bond acceptors (Lipinski definition) is 4. The van der Waals surface area contributed by atoms with Crippen LogP contribution < -0.4 is 5.32 Å². The van der Waals surface area contributed by atoms with E-state index in [4.69, 9.17) is 9.66 Å². The van der Waals surface area contributed by atoms with Crippen LogP contribution in [-0.2, 0) is 10.1 Å². The zero-order chi connectivity index (χ0) is 12.9. The molecule has 18 heavy (non-hydrogen) atoms. The summed E-state index contributed by atoms with van der Waals surface area (Å²) in [5.74, 6) is -0.0187. The van der Waals surface area contributed by atoms with Gasteiger partial charge in [0, 0.05) is 6.04 Å². The lowest BCUT2D eigenvalue weighted by atomic mass is 10.1. The van der Waals surface area contributed by atoms with Crippen LogP contribution in [0.4, 0.5) is 0 Å². The van der Waals surface area contributed by atoms with E-state index in [-0.39, 0.29) is 25.0 Å². The number of phenolic OH excluding ortho intramolecular Hbond substituents is 1. The molecule has 0 unspecified atom stereocenters. The lowest BCUT2D eigenvalue weighted by molar-refractivity contribution is 0.472. The Morgan fingerprint density at radius 3 is 2.33 bits per heavy atom. The van der Waals surface area contributed by atoms with E-state index in [0.717, 1.165) is 5.56 Å². The summed E-state index contributed by atoms with van der Waals surface area (Å²) in [5, 5.41) is 12.3. The Kier molecular flexibility index (Phi) is 6.90. The van der Waals surface area contributed by atoms with Crippen molar-refractivity contribution in [3.05, 3.63) is 29.8 Å². The van der Waals surface area contributed by atoms with Gasteiger partial charge in [-0.15, -0.1) is 0 Å². The maximum atomic E-state index is 10.5. The molecule has 1 rings (SSSR count). The summed E-state index contributed by atoms with van der Waals surface area (Å²) in [7, 11) is -3.87. The molecule has 3 N–H and O–H groups in total. The standard InChI is InChI=1S/C11H17NO4S.CH4/c1-9(10-3-5-11(13)6-4-10)12-7-2-8-17(14,15)16;/h3-6,9,12-13H,2,7-8H2,1H3,(H,14,15,16);1H4/t9-;/m0./s1. The predicted octanol–water partition coefficient (Wildman–Crippen LogP) is 1.96. The van der Waals surface area contributed by atoms with Crippen LogP contribution in [0.15, 0.2) is 24.3 Å². The molecule has 0 aromatic heterocycles. The van der Waals surface area contributed by atoms with Crippen molar-refractivity contribution >= 4 is 10.1 Å². The van der Waals surface area contributed by atoms with Gasteiger partial charge in [0.1, 0.15) is 5.75 Å². The van der Waals surface area contributed by atoms with Gasteiger partial charge in [0.15, 0.2) is 0 Å². The molecule has 0 heterocycles. The summed E-state index contributed by atoms with van der Waals surface area (Å²) in [5.41, 5.74) is 1.01. The minimum atomic E-state index is -3.87. The first kappa shape index (κ1) is 16.9. The van der Waals surface area contributed by atoms with E-state index < -0.39 is 10.1 Å². The van der Waals surface area contributed by atoms with Gasteiger partial charge in [-0.25, -0.2) is 0 Å². The molecular formula is C12H21NO4S. The summed E-state index contributed by atoms with van der Waals surface area (Å²) >= 11 is 0. The molecular weight excluding hydrogens is 254 g/mol. The van der Waals surface area contributed by atoms with Gasteiger partial charge in [-0.1, -0.05) is 19.6 Å². The molecule has 1 atom stereocenters. The number of nitrogens with one attached hydrogen (secondary N) is 1. The van der Waals surface area contributed by atoms with Crippen LogP contribution in [0.2, 0.25) is 0 Å². The number of rotatable bonds is 6. The molecule has 0 aliphatic carbocycles. The SMILES string of the molecule is C.C[C@H](NCCCS(=O)(=O)O)c1ccc(O)cc1. The second kappa shape index (κ2) is 7.35. The van der Waals surface area contributed by atoms with Crippen molar-refractivity contribution < 1.29 is 18.1 Å². The second-order valence-corrected chi connectivity index (χ2v) is 5.48. The summed E-state index contributed by atoms with van der Waals surface area (Å²) in [6, 6.07) is 6.88. The van der Waals surface area contributed by atoms with Crippen LogP contribution in [-0.4, -0.2) is 30.4 Å². The Hall–Kier alpha value is -1.11. The number of benzene rings is 1. The lowest BCUT2D eigenvalue weighted by Gasteiger charge is -2.13. The van der Waals surface area contributed by atoms with Gasteiger partial charge in [0.2, 0.25) is 0 Å². The normalized spacial score (nSPS) is 12.8. The lowest BCUT2D eigenvalue weighted by Crippen LogP contribution is -2.21.